The molecule has 0 atom stereocenters. The molecule has 0 saturated carbocycles. The van der Waals surface area contributed by atoms with Gasteiger partial charge in [0, 0.05) is 88.3 Å². The van der Waals surface area contributed by atoms with Crippen molar-refractivity contribution in [3.63, 3.8) is 0 Å². The van der Waals surface area contributed by atoms with Gasteiger partial charge in [-0.15, -0.1) is 0 Å². The average molecular weight is 1560 g/mol. The van der Waals surface area contributed by atoms with Crippen molar-refractivity contribution in [1.29, 1.82) is 0 Å². The molecule has 0 aliphatic rings. The van der Waals surface area contributed by atoms with Gasteiger partial charge in [-0.3, -0.25) is 0 Å². The van der Waals surface area contributed by atoms with Crippen molar-refractivity contribution in [1.82, 2.24) is 9.13 Å². The molecule has 0 N–H and O–H groups in total. The maximum Gasteiger partial charge on any atom is 0.136 e. The third-order valence-corrected chi connectivity index (χ3v) is 24.9. The maximum absolute atomic E-state index is 6.38. The summed E-state index contributed by atoms with van der Waals surface area (Å²) >= 11 is 0. The van der Waals surface area contributed by atoms with Crippen molar-refractivity contribution in [2.45, 2.75) is 0 Å². The van der Waals surface area contributed by atoms with Crippen LogP contribution in [0.2, 0.25) is 0 Å². The molecule has 4 aromatic heterocycles. The van der Waals surface area contributed by atoms with Gasteiger partial charge in [-0.1, -0.05) is 285 Å². The van der Waals surface area contributed by atoms with Crippen LogP contribution in [0.25, 0.3) is 198 Å². The first kappa shape index (κ1) is 70.0. The molecule has 20 aromatic carbocycles. The van der Waals surface area contributed by atoms with E-state index in [4.69, 9.17) is 8.83 Å². The molecule has 570 valence electrons. The minimum atomic E-state index is 0.881. The maximum atomic E-state index is 6.38. The van der Waals surface area contributed by atoms with E-state index in [-0.39, 0.29) is 0 Å². The molecule has 0 radical (unpaired) electrons. The second kappa shape index (κ2) is 28.8. The second-order valence-corrected chi connectivity index (χ2v) is 31.9. The first-order valence-electron chi connectivity index (χ1n) is 41.7. The average Bonchev–Trinajstić information content (AvgIpc) is 1.54. The van der Waals surface area contributed by atoms with Crippen LogP contribution in [0.3, 0.4) is 0 Å². The normalized spacial score (nSPS) is 11.8. The summed E-state index contributed by atoms with van der Waals surface area (Å²) in [5.74, 6) is 0. The van der Waals surface area contributed by atoms with Crippen LogP contribution in [0.4, 0.5) is 34.1 Å². The molecular weight excluding hydrogens is 1480 g/mol. The van der Waals surface area contributed by atoms with Crippen molar-refractivity contribution in [3.8, 4) is 89.3 Å². The summed E-state index contributed by atoms with van der Waals surface area (Å²) in [6.45, 7) is 0. The lowest BCUT2D eigenvalue weighted by atomic mass is 9.96. The van der Waals surface area contributed by atoms with Crippen molar-refractivity contribution in [2.75, 3.05) is 9.80 Å². The molecular formula is C116H74N4O2. The molecule has 24 rings (SSSR count). The summed E-state index contributed by atoms with van der Waals surface area (Å²) < 4.78 is 17.6. The Kier molecular flexibility index (Phi) is 16.5. The van der Waals surface area contributed by atoms with Crippen LogP contribution in [-0.4, -0.2) is 9.13 Å². The number of furan rings is 2. The quantitative estimate of drug-likeness (QED) is 0.103. The Morgan fingerprint density at radius 1 is 0.156 bits per heavy atom. The fraction of sp³-hybridized carbons (Fsp3) is 0. The molecule has 0 unspecified atom stereocenters. The monoisotopic (exact) mass is 1550 g/mol. The lowest BCUT2D eigenvalue weighted by molar-refractivity contribution is 0.668. The van der Waals surface area contributed by atoms with Crippen LogP contribution < -0.4 is 9.80 Å². The van der Waals surface area contributed by atoms with Crippen molar-refractivity contribution in [3.05, 3.63) is 449 Å². The fourth-order valence-corrected chi connectivity index (χ4v) is 18.9. The standard InChI is InChI=1S/C116H74N4O2/c1-2-19-81-68-83(37-36-75(81)18-1)76-42-55-91(56-43-76)117(92-57-44-77(45-58-92)89-53-66-105-103-27-8-15-34-113(103)121-115(105)73-89)93-61-48-80(49-62-93)98-23-4-11-30-108(98)120-111-33-14-7-26-101(111)102-65-52-88(72-112(102)120)87-41-40-85-69-84(38-39-86(85)70-87)82-20-17-21-96(71-82)118(94-59-46-78(47-60-94)90-54-67-106-104-28-9-16-35-114(104)122-116(106)74-90)95-63-50-79(51-64-95)97-22-3-10-29-107(97)119-109-31-12-5-24-99(109)100-25-6-13-32-110(100)119/h1-74H. The fourth-order valence-electron chi connectivity index (χ4n) is 18.9. The van der Waals surface area contributed by atoms with Gasteiger partial charge in [0.15, 0.2) is 0 Å². The summed E-state index contributed by atoms with van der Waals surface area (Å²) in [4.78, 5) is 4.74. The van der Waals surface area contributed by atoms with E-state index in [1.165, 1.54) is 59.7 Å². The Morgan fingerprint density at radius 2 is 0.451 bits per heavy atom. The number of anilines is 6. The predicted octanol–water partition coefficient (Wildman–Crippen LogP) is 32.6. The predicted molar refractivity (Wildman–Crippen MR) is 512 cm³/mol. The second-order valence-electron chi connectivity index (χ2n) is 31.9. The van der Waals surface area contributed by atoms with Crippen LogP contribution in [0.1, 0.15) is 0 Å². The third-order valence-electron chi connectivity index (χ3n) is 24.9. The highest BCUT2D eigenvalue weighted by molar-refractivity contribution is 6.13. The SMILES string of the molecule is c1cc(-c2ccc3cc(-c4ccc5c6ccccc6n(-c6ccccc6-c6ccc(N(c7ccc(-c8ccc9ccccc9c8)cc7)c7ccc(-c8ccc9c(c8)oc8ccccc89)cc7)cc6)c5c4)ccc3c2)cc(N(c2ccc(-c3ccc4c(c3)oc3ccccc34)cc2)c2ccc(-c3ccccc3-n3c4ccccc4c4ccccc43)cc2)c1. The highest BCUT2D eigenvalue weighted by Crippen LogP contribution is 2.47. The number of rotatable bonds is 15. The van der Waals surface area contributed by atoms with Crippen LogP contribution in [0.15, 0.2) is 458 Å². The Balaban J connectivity index is 0.549. The molecule has 0 amide bonds. The Labute approximate surface area is 704 Å². The van der Waals surface area contributed by atoms with E-state index in [1.54, 1.807) is 0 Å². The first-order valence-corrected chi connectivity index (χ1v) is 41.7. The Bertz CT molecular complexity index is 8200. The number of benzene rings is 20. The van der Waals surface area contributed by atoms with Crippen molar-refractivity contribution in [2.24, 2.45) is 0 Å². The number of para-hydroxylation sites is 7. The van der Waals surface area contributed by atoms with Crippen LogP contribution >= 0.6 is 0 Å². The molecule has 0 fully saturated rings. The van der Waals surface area contributed by atoms with Gasteiger partial charge in [0.25, 0.3) is 0 Å². The van der Waals surface area contributed by atoms with Gasteiger partial charge in [-0.05, 0) is 252 Å². The van der Waals surface area contributed by atoms with E-state index in [1.807, 2.05) is 24.3 Å². The number of hydrogen-bond acceptors (Lipinski definition) is 4. The summed E-state index contributed by atoms with van der Waals surface area (Å²) in [5, 5.41) is 14.2. The van der Waals surface area contributed by atoms with Crippen molar-refractivity contribution < 1.29 is 8.83 Å². The van der Waals surface area contributed by atoms with Gasteiger partial charge < -0.3 is 27.8 Å². The Hall–Kier alpha value is -16.3. The summed E-state index contributed by atoms with van der Waals surface area (Å²) in [6.07, 6.45) is 0. The van der Waals surface area contributed by atoms with E-state index < -0.39 is 0 Å². The number of hydrogen-bond donors (Lipinski definition) is 0. The lowest BCUT2D eigenvalue weighted by Crippen LogP contribution is -2.10. The van der Waals surface area contributed by atoms with E-state index in [9.17, 15) is 0 Å². The van der Waals surface area contributed by atoms with E-state index in [2.05, 4.69) is 444 Å². The highest BCUT2D eigenvalue weighted by Gasteiger charge is 2.23. The highest BCUT2D eigenvalue weighted by atomic mass is 16.3. The van der Waals surface area contributed by atoms with Gasteiger partial charge in [-0.2, -0.15) is 0 Å². The van der Waals surface area contributed by atoms with Gasteiger partial charge in [0.05, 0.1) is 33.4 Å². The van der Waals surface area contributed by atoms with Gasteiger partial charge in [0.1, 0.15) is 22.3 Å². The zero-order valence-electron chi connectivity index (χ0n) is 66.3. The van der Waals surface area contributed by atoms with Crippen LogP contribution in [-0.2, 0) is 0 Å². The molecule has 0 aliphatic heterocycles. The summed E-state index contributed by atoms with van der Waals surface area (Å²) in [7, 11) is 0. The van der Waals surface area contributed by atoms with Crippen molar-refractivity contribution >= 4 is 143 Å². The summed E-state index contributed by atoms with van der Waals surface area (Å²) in [6, 6.07) is 164. The van der Waals surface area contributed by atoms with Crippen LogP contribution in [0, 0.1) is 0 Å². The molecule has 0 spiro atoms. The zero-order chi connectivity index (χ0) is 80.3. The smallest absolute Gasteiger partial charge is 0.136 e. The molecule has 122 heavy (non-hydrogen) atoms. The van der Waals surface area contributed by atoms with Gasteiger partial charge >= 0.3 is 0 Å². The number of fused-ring (bicyclic) bond motifs is 14. The third kappa shape index (κ3) is 12.0. The molecule has 4 heterocycles. The van der Waals surface area contributed by atoms with Gasteiger partial charge in [0.2, 0.25) is 0 Å². The minimum Gasteiger partial charge on any atom is -0.456 e. The van der Waals surface area contributed by atoms with E-state index in [0.717, 1.165) is 173 Å². The molecule has 0 saturated heterocycles. The Morgan fingerprint density at radius 3 is 0.918 bits per heavy atom. The topological polar surface area (TPSA) is 42.6 Å². The molecule has 6 nitrogen and oxygen atoms in total. The molecule has 0 bridgehead atoms. The largest absolute Gasteiger partial charge is 0.456 e. The number of aromatic nitrogens is 2. The minimum absolute atomic E-state index is 0.881. The van der Waals surface area contributed by atoms with Gasteiger partial charge in [-0.25, -0.2) is 0 Å². The van der Waals surface area contributed by atoms with Crippen LogP contribution in [0.5, 0.6) is 0 Å². The molecule has 0 aliphatic carbocycles. The zero-order valence-corrected chi connectivity index (χ0v) is 66.3. The first-order chi connectivity index (χ1) is 60.4. The number of nitrogens with zero attached hydrogens (tertiary/aromatic N) is 4. The van der Waals surface area contributed by atoms with E-state index in [0.29, 0.717) is 0 Å². The van der Waals surface area contributed by atoms with E-state index >= 15 is 0 Å². The molecule has 6 heteroatoms. The molecule has 24 aromatic rings. The lowest BCUT2D eigenvalue weighted by Gasteiger charge is -2.26. The summed E-state index contributed by atoms with van der Waals surface area (Å²) in [5.41, 5.74) is 32.6.